The molecule has 214 valence electrons. The van der Waals surface area contributed by atoms with Gasteiger partial charge in [0.2, 0.25) is 17.0 Å². The van der Waals surface area contributed by atoms with Crippen molar-refractivity contribution in [2.75, 3.05) is 0 Å². The van der Waals surface area contributed by atoms with E-state index in [1.54, 1.807) is 72.8 Å². The summed E-state index contributed by atoms with van der Waals surface area (Å²) in [5, 5.41) is 0. The Labute approximate surface area is 250 Å². The molecule has 44 heavy (non-hydrogen) atoms. The Balaban J connectivity index is 1.59. The topological polar surface area (TPSA) is 38.7 Å². The van der Waals surface area contributed by atoms with Crippen molar-refractivity contribution in [1.29, 1.82) is 0 Å². The molecule has 5 aliphatic rings. The molecule has 10 rings (SSSR count). The number of aromatic nitrogens is 3. The number of pyridine rings is 3. The van der Waals surface area contributed by atoms with E-state index in [1.165, 1.54) is 48.5 Å². The molecule has 0 N–H and O–H groups in total. The number of nitrogens with zero attached hydrogens (tertiary/aromatic N) is 3. The van der Waals surface area contributed by atoms with E-state index in [1.807, 2.05) is 0 Å². The third kappa shape index (κ3) is 2.99. The molecule has 3 nitrogen and oxygen atoms in total. The molecule has 3 atom stereocenters. The molecule has 7 heteroatoms. The quantitative estimate of drug-likeness (QED) is 0.173. The van der Waals surface area contributed by atoms with Crippen LogP contribution in [0.1, 0.15) is 62.8 Å². The second-order valence-electron chi connectivity index (χ2n) is 12.0. The maximum atomic E-state index is 18.5. The number of allylic oxidation sites excluding steroid dienone is 4. The fourth-order valence-electron chi connectivity index (χ4n) is 7.49. The molecule has 3 unspecified atom stereocenters. The van der Waals surface area contributed by atoms with Crippen molar-refractivity contribution >= 4 is 0 Å². The molecule has 4 aliphatic heterocycles. The zero-order chi connectivity index (χ0) is 29.9. The first-order valence-corrected chi connectivity index (χ1v) is 14.6. The maximum Gasteiger partial charge on any atom is 0.219 e. The first kappa shape index (κ1) is 25.6. The molecule has 0 radical (unpaired) electrons. The molecule has 0 saturated heterocycles. The predicted octanol–water partition coefficient (Wildman–Crippen LogP) is 7.96. The summed E-state index contributed by atoms with van der Waals surface area (Å²) in [4.78, 5) is 14.0. The minimum atomic E-state index is -2.59. The average Bonchev–Trinajstić information content (AvgIpc) is 3.09. The Morgan fingerprint density at radius 1 is 0.500 bits per heavy atom. The van der Waals surface area contributed by atoms with Gasteiger partial charge in [-0.05, 0) is 71.7 Å². The maximum absolute atomic E-state index is 18.5. The van der Waals surface area contributed by atoms with Gasteiger partial charge in [0.05, 0.1) is 34.2 Å². The van der Waals surface area contributed by atoms with Gasteiger partial charge in [-0.2, -0.15) is 0 Å². The van der Waals surface area contributed by atoms with Gasteiger partial charge < -0.3 is 0 Å². The third-order valence-corrected chi connectivity index (χ3v) is 9.76. The SMILES string of the molecule is FC12C3=CC=CC(C3)C3(F)c4cccc(c4)C(F)(c4cccc1n4)c1cccc(n1)C(F)(c1cccc3c1)c1cccc2n1. The van der Waals surface area contributed by atoms with Crippen LogP contribution in [0.3, 0.4) is 0 Å². The predicted molar refractivity (Wildman–Crippen MR) is 157 cm³/mol. The summed E-state index contributed by atoms with van der Waals surface area (Å²) in [6, 6.07) is 26.0. The van der Waals surface area contributed by atoms with Crippen LogP contribution in [0.2, 0.25) is 0 Å². The van der Waals surface area contributed by atoms with Gasteiger partial charge in [0.1, 0.15) is 0 Å². The number of hydrogen-bond acceptors (Lipinski definition) is 3. The number of rotatable bonds is 0. The summed E-state index contributed by atoms with van der Waals surface area (Å²) >= 11 is 0. The molecule has 3 aromatic heterocycles. The van der Waals surface area contributed by atoms with Crippen LogP contribution in [-0.2, 0) is 22.7 Å². The highest BCUT2D eigenvalue weighted by Gasteiger charge is 2.53. The monoisotopic (exact) mass is 585 g/mol. The third-order valence-electron chi connectivity index (χ3n) is 9.76. The van der Waals surface area contributed by atoms with Gasteiger partial charge in [0.15, 0.2) is 5.67 Å². The van der Waals surface area contributed by atoms with Crippen LogP contribution in [0.4, 0.5) is 17.6 Å². The number of benzene rings is 2. The molecule has 0 fully saturated rings. The van der Waals surface area contributed by atoms with Gasteiger partial charge in [-0.25, -0.2) is 32.5 Å². The molecule has 7 heterocycles. The zero-order valence-electron chi connectivity index (χ0n) is 23.2. The van der Waals surface area contributed by atoms with Crippen molar-refractivity contribution in [2.24, 2.45) is 5.92 Å². The van der Waals surface area contributed by atoms with Gasteiger partial charge in [-0.1, -0.05) is 72.8 Å². The van der Waals surface area contributed by atoms with E-state index in [9.17, 15) is 0 Å². The lowest BCUT2D eigenvalue weighted by molar-refractivity contribution is 0.141. The van der Waals surface area contributed by atoms with E-state index in [-0.39, 0.29) is 68.4 Å². The second-order valence-corrected chi connectivity index (χ2v) is 12.0. The Hall–Kier alpha value is -4.91. The number of halogens is 4. The molecule has 16 bridgehead atoms. The van der Waals surface area contributed by atoms with E-state index in [2.05, 4.69) is 15.0 Å². The summed E-state index contributed by atoms with van der Waals surface area (Å²) in [5.74, 6) is -0.921. The summed E-state index contributed by atoms with van der Waals surface area (Å²) in [7, 11) is 0. The van der Waals surface area contributed by atoms with Crippen molar-refractivity contribution in [3.8, 4) is 0 Å². The lowest BCUT2D eigenvalue weighted by atomic mass is 9.68. The van der Waals surface area contributed by atoms with Crippen LogP contribution >= 0.6 is 0 Å². The molecule has 2 aromatic carbocycles. The number of alkyl halides is 4. The molecule has 0 amide bonds. The lowest BCUT2D eigenvalue weighted by Gasteiger charge is -2.41. The highest BCUT2D eigenvalue weighted by molar-refractivity contribution is 5.55. The van der Waals surface area contributed by atoms with Crippen molar-refractivity contribution in [3.63, 3.8) is 0 Å². The van der Waals surface area contributed by atoms with E-state index in [0.717, 1.165) is 0 Å². The van der Waals surface area contributed by atoms with E-state index in [4.69, 9.17) is 0 Å². The summed E-state index contributed by atoms with van der Waals surface area (Å²) in [6.07, 6.45) is 4.93. The normalized spacial score (nSPS) is 30.4. The Morgan fingerprint density at radius 3 is 1.34 bits per heavy atom. The molecule has 1 aliphatic carbocycles. The summed E-state index contributed by atoms with van der Waals surface area (Å²) in [6.45, 7) is 0. The van der Waals surface area contributed by atoms with Crippen LogP contribution < -0.4 is 0 Å². The van der Waals surface area contributed by atoms with Gasteiger partial charge in [0, 0.05) is 17.0 Å². The van der Waals surface area contributed by atoms with Gasteiger partial charge in [0.25, 0.3) is 0 Å². The van der Waals surface area contributed by atoms with Crippen molar-refractivity contribution in [3.05, 3.63) is 183 Å². The average molecular weight is 586 g/mol. The number of hydrogen-bond donors (Lipinski definition) is 0. The fraction of sp³-hybridized carbons (Fsp3) is 0.162. The first-order chi connectivity index (χ1) is 21.3. The Kier molecular flexibility index (Phi) is 4.87. The van der Waals surface area contributed by atoms with Crippen molar-refractivity contribution in [1.82, 2.24) is 15.0 Å². The van der Waals surface area contributed by atoms with Gasteiger partial charge in [-0.3, -0.25) is 0 Å². The Morgan fingerprint density at radius 2 is 0.886 bits per heavy atom. The molecule has 0 spiro atoms. The standard InChI is InChI=1S/C37H23F4N3/c38-34-22-7-1-10-25(19-22)35(39)28-13-4-15-30(42-28)36(40,26-11-2-8-23(34)20-26)32-17-6-18-33(44-32)37(41,27-12-3-9-24(34)21-27)31-16-5-14-29(35)43-31/h1-20,24H,21H2. The first-order valence-electron chi connectivity index (χ1n) is 14.6. The zero-order valence-corrected chi connectivity index (χ0v) is 23.2. The van der Waals surface area contributed by atoms with Crippen LogP contribution in [-0.4, -0.2) is 15.0 Å². The Bertz CT molecular complexity index is 1980. The molecular formula is C37H23F4N3. The minimum Gasteiger partial charge on any atom is -0.249 e. The highest BCUT2D eigenvalue weighted by Crippen LogP contribution is 2.54. The fourth-order valence-corrected chi connectivity index (χ4v) is 7.49. The summed E-state index contributed by atoms with van der Waals surface area (Å²) in [5.41, 5.74) is -10.2. The second kappa shape index (κ2) is 8.38. The van der Waals surface area contributed by atoms with Gasteiger partial charge >= 0.3 is 0 Å². The smallest absolute Gasteiger partial charge is 0.219 e. The van der Waals surface area contributed by atoms with Crippen molar-refractivity contribution < 1.29 is 17.6 Å². The van der Waals surface area contributed by atoms with E-state index < -0.39 is 28.6 Å². The molecule has 0 saturated carbocycles. The van der Waals surface area contributed by atoms with Crippen molar-refractivity contribution in [2.45, 2.75) is 29.1 Å². The highest BCUT2D eigenvalue weighted by atomic mass is 19.2. The van der Waals surface area contributed by atoms with Gasteiger partial charge in [-0.15, -0.1) is 0 Å². The van der Waals surface area contributed by atoms with E-state index >= 15 is 17.6 Å². The lowest BCUT2D eigenvalue weighted by Crippen LogP contribution is -2.40. The molecule has 5 aromatic rings. The minimum absolute atomic E-state index is 0.0299. The summed E-state index contributed by atoms with van der Waals surface area (Å²) < 4.78 is 73.4. The van der Waals surface area contributed by atoms with E-state index in [0.29, 0.717) is 0 Å². The van der Waals surface area contributed by atoms with Crippen LogP contribution in [0.5, 0.6) is 0 Å². The van der Waals surface area contributed by atoms with Crippen LogP contribution in [0, 0.1) is 5.92 Å². The van der Waals surface area contributed by atoms with Crippen LogP contribution in [0.15, 0.2) is 127 Å². The molecular weight excluding hydrogens is 562 g/mol. The largest absolute Gasteiger partial charge is 0.249 e. The van der Waals surface area contributed by atoms with Crippen LogP contribution in [0.25, 0.3) is 0 Å².